The lowest BCUT2D eigenvalue weighted by Crippen LogP contribution is -1.96. The van der Waals surface area contributed by atoms with Gasteiger partial charge in [0.2, 0.25) is 0 Å². The Labute approximate surface area is 78.2 Å². The maximum absolute atomic E-state index is 10.5. The largest absolute Gasteiger partial charge is 0.507 e. The van der Waals surface area contributed by atoms with Crippen molar-refractivity contribution in [2.24, 2.45) is 5.92 Å². The molecule has 0 aliphatic heterocycles. The van der Waals surface area contributed by atoms with E-state index in [0.29, 0.717) is 17.8 Å². The number of aromatic hydroxyl groups is 1. The fourth-order valence-corrected chi connectivity index (χ4v) is 1.31. The lowest BCUT2D eigenvalue weighted by molar-refractivity contribution is 0.112. The van der Waals surface area contributed by atoms with Crippen molar-refractivity contribution in [3.05, 3.63) is 29.3 Å². The average Bonchev–Trinajstić information content (AvgIpc) is 2.08. The zero-order valence-corrected chi connectivity index (χ0v) is 7.95. The standard InChI is InChI=1S/C11H14O2/c1-8(2)6-9-4-3-5-10(7-12)11(9)13/h3-5,7-8,13H,6H2,1-2H3. The van der Waals surface area contributed by atoms with Crippen LogP contribution in [0.1, 0.15) is 29.8 Å². The Bertz CT molecular complexity index is 303. The van der Waals surface area contributed by atoms with E-state index in [0.717, 1.165) is 12.0 Å². The second-order valence-corrected chi connectivity index (χ2v) is 3.57. The fourth-order valence-electron chi connectivity index (χ4n) is 1.31. The quantitative estimate of drug-likeness (QED) is 0.721. The van der Waals surface area contributed by atoms with Crippen LogP contribution in [0.15, 0.2) is 18.2 Å². The molecule has 0 bridgehead atoms. The normalized spacial score (nSPS) is 10.4. The van der Waals surface area contributed by atoms with Crippen molar-refractivity contribution < 1.29 is 9.90 Å². The minimum absolute atomic E-state index is 0.131. The van der Waals surface area contributed by atoms with E-state index in [1.54, 1.807) is 12.1 Å². The SMILES string of the molecule is CC(C)Cc1cccc(C=O)c1O. The molecule has 0 aliphatic carbocycles. The van der Waals surface area contributed by atoms with Crippen molar-refractivity contribution in [2.75, 3.05) is 0 Å². The van der Waals surface area contributed by atoms with Crippen LogP contribution in [0.3, 0.4) is 0 Å². The van der Waals surface area contributed by atoms with Crippen LogP contribution in [0.2, 0.25) is 0 Å². The highest BCUT2D eigenvalue weighted by molar-refractivity contribution is 5.79. The first-order chi connectivity index (χ1) is 6.15. The van der Waals surface area contributed by atoms with Gasteiger partial charge in [0.1, 0.15) is 5.75 Å². The summed E-state index contributed by atoms with van der Waals surface area (Å²) in [5.41, 5.74) is 1.22. The van der Waals surface area contributed by atoms with E-state index >= 15 is 0 Å². The van der Waals surface area contributed by atoms with Crippen molar-refractivity contribution in [1.82, 2.24) is 0 Å². The molecule has 0 aromatic heterocycles. The van der Waals surface area contributed by atoms with Gasteiger partial charge in [-0.25, -0.2) is 0 Å². The molecule has 0 heterocycles. The predicted octanol–water partition coefficient (Wildman–Crippen LogP) is 2.40. The molecular formula is C11H14O2. The number of hydrogen-bond acceptors (Lipinski definition) is 2. The Balaban J connectivity index is 3.01. The summed E-state index contributed by atoms with van der Waals surface area (Å²) in [5.74, 6) is 0.610. The third-order valence-corrected chi connectivity index (χ3v) is 1.91. The summed E-state index contributed by atoms with van der Waals surface area (Å²) in [6.07, 6.45) is 1.48. The van der Waals surface area contributed by atoms with Crippen molar-refractivity contribution in [1.29, 1.82) is 0 Å². The van der Waals surface area contributed by atoms with Gasteiger partial charge in [0.25, 0.3) is 0 Å². The summed E-state index contributed by atoms with van der Waals surface area (Å²) >= 11 is 0. The zero-order chi connectivity index (χ0) is 9.84. The molecule has 1 N–H and O–H groups in total. The lowest BCUT2D eigenvalue weighted by atomic mass is 10.00. The molecule has 2 nitrogen and oxygen atoms in total. The van der Waals surface area contributed by atoms with E-state index < -0.39 is 0 Å². The number of benzene rings is 1. The van der Waals surface area contributed by atoms with E-state index in [1.807, 2.05) is 6.07 Å². The van der Waals surface area contributed by atoms with Crippen LogP contribution < -0.4 is 0 Å². The second kappa shape index (κ2) is 4.08. The van der Waals surface area contributed by atoms with E-state index in [-0.39, 0.29) is 5.75 Å². The van der Waals surface area contributed by atoms with Gasteiger partial charge in [0, 0.05) is 0 Å². The van der Waals surface area contributed by atoms with Crippen LogP contribution in [0.4, 0.5) is 0 Å². The molecule has 0 saturated carbocycles. The monoisotopic (exact) mass is 178 g/mol. The van der Waals surface area contributed by atoms with Gasteiger partial charge < -0.3 is 5.11 Å². The average molecular weight is 178 g/mol. The number of rotatable bonds is 3. The molecule has 1 rings (SSSR count). The van der Waals surface area contributed by atoms with Crippen LogP contribution in [-0.4, -0.2) is 11.4 Å². The van der Waals surface area contributed by atoms with Crippen molar-refractivity contribution >= 4 is 6.29 Å². The number of carbonyl (C=O) groups is 1. The first kappa shape index (κ1) is 9.78. The Morgan fingerprint density at radius 1 is 1.46 bits per heavy atom. The van der Waals surface area contributed by atoms with Gasteiger partial charge in [-0.05, 0) is 24.0 Å². The van der Waals surface area contributed by atoms with Gasteiger partial charge in [-0.15, -0.1) is 0 Å². The lowest BCUT2D eigenvalue weighted by Gasteiger charge is -2.08. The Morgan fingerprint density at radius 2 is 2.15 bits per heavy atom. The summed E-state index contributed by atoms with van der Waals surface area (Å²) in [7, 11) is 0. The van der Waals surface area contributed by atoms with Gasteiger partial charge >= 0.3 is 0 Å². The number of para-hydroxylation sites is 1. The molecule has 1 aromatic rings. The topological polar surface area (TPSA) is 37.3 Å². The molecule has 0 radical (unpaired) electrons. The van der Waals surface area contributed by atoms with Crippen LogP contribution >= 0.6 is 0 Å². The van der Waals surface area contributed by atoms with Gasteiger partial charge in [0.05, 0.1) is 5.56 Å². The molecule has 0 aliphatic rings. The number of carbonyl (C=O) groups excluding carboxylic acids is 1. The number of phenolic OH excluding ortho intramolecular Hbond substituents is 1. The molecule has 0 spiro atoms. The summed E-state index contributed by atoms with van der Waals surface area (Å²) in [5, 5.41) is 9.61. The second-order valence-electron chi connectivity index (χ2n) is 3.57. The minimum atomic E-state index is 0.131. The molecule has 0 fully saturated rings. The highest BCUT2D eigenvalue weighted by atomic mass is 16.3. The smallest absolute Gasteiger partial charge is 0.153 e. The number of hydrogen-bond donors (Lipinski definition) is 1. The van der Waals surface area contributed by atoms with Gasteiger partial charge in [-0.1, -0.05) is 26.0 Å². The maximum Gasteiger partial charge on any atom is 0.153 e. The first-order valence-corrected chi connectivity index (χ1v) is 4.41. The van der Waals surface area contributed by atoms with Crippen molar-refractivity contribution in [2.45, 2.75) is 20.3 Å². The Morgan fingerprint density at radius 3 is 2.69 bits per heavy atom. The Hall–Kier alpha value is -1.31. The molecule has 0 amide bonds. The molecule has 0 saturated heterocycles. The molecule has 13 heavy (non-hydrogen) atoms. The molecule has 2 heteroatoms. The molecule has 70 valence electrons. The zero-order valence-electron chi connectivity index (χ0n) is 7.95. The fraction of sp³-hybridized carbons (Fsp3) is 0.364. The summed E-state index contributed by atoms with van der Waals surface area (Å²) in [6, 6.07) is 5.26. The predicted molar refractivity (Wildman–Crippen MR) is 52.0 cm³/mol. The molecule has 0 atom stereocenters. The number of aldehydes is 1. The number of phenols is 1. The van der Waals surface area contributed by atoms with Crippen LogP contribution in [-0.2, 0) is 6.42 Å². The third kappa shape index (κ3) is 2.31. The van der Waals surface area contributed by atoms with E-state index in [2.05, 4.69) is 13.8 Å². The summed E-state index contributed by atoms with van der Waals surface area (Å²) in [6.45, 7) is 4.15. The van der Waals surface area contributed by atoms with Gasteiger partial charge in [-0.3, -0.25) is 4.79 Å². The van der Waals surface area contributed by atoms with Crippen molar-refractivity contribution in [3.8, 4) is 5.75 Å². The van der Waals surface area contributed by atoms with Crippen LogP contribution in [0.25, 0.3) is 0 Å². The Kier molecular flexibility index (Phi) is 3.07. The van der Waals surface area contributed by atoms with Crippen molar-refractivity contribution in [3.63, 3.8) is 0 Å². The van der Waals surface area contributed by atoms with E-state index in [1.165, 1.54) is 0 Å². The van der Waals surface area contributed by atoms with E-state index in [4.69, 9.17) is 0 Å². The minimum Gasteiger partial charge on any atom is -0.507 e. The first-order valence-electron chi connectivity index (χ1n) is 4.41. The van der Waals surface area contributed by atoms with Crippen LogP contribution in [0, 0.1) is 5.92 Å². The van der Waals surface area contributed by atoms with Crippen LogP contribution in [0.5, 0.6) is 5.75 Å². The maximum atomic E-state index is 10.5. The summed E-state index contributed by atoms with van der Waals surface area (Å²) in [4.78, 5) is 10.5. The summed E-state index contributed by atoms with van der Waals surface area (Å²) < 4.78 is 0. The molecule has 1 aromatic carbocycles. The molecule has 0 unspecified atom stereocenters. The van der Waals surface area contributed by atoms with E-state index in [9.17, 15) is 9.90 Å². The van der Waals surface area contributed by atoms with Gasteiger partial charge in [0.15, 0.2) is 6.29 Å². The highest BCUT2D eigenvalue weighted by Crippen LogP contribution is 2.23. The molecular weight excluding hydrogens is 164 g/mol. The highest BCUT2D eigenvalue weighted by Gasteiger charge is 2.06. The third-order valence-electron chi connectivity index (χ3n) is 1.91. The van der Waals surface area contributed by atoms with Gasteiger partial charge in [-0.2, -0.15) is 0 Å².